The molecule has 0 atom stereocenters. The van der Waals surface area contributed by atoms with Crippen molar-refractivity contribution in [2.24, 2.45) is 4.99 Å². The second-order valence-electron chi connectivity index (χ2n) is 6.48. The van der Waals surface area contributed by atoms with Crippen LogP contribution in [0.1, 0.15) is 15.9 Å². The standard InChI is InChI=1S/C23H19ClN2OS/c24-21-12-6-17(7-13-21)16-28-23-25-14-15-26(23)22(27)20-10-8-19(9-11-20)18-4-2-1-3-5-18/h1-13H,14-16H2. The lowest BCUT2D eigenvalue weighted by Crippen LogP contribution is -2.32. The van der Waals surface area contributed by atoms with Crippen LogP contribution < -0.4 is 0 Å². The Balaban J connectivity index is 1.43. The molecule has 28 heavy (non-hydrogen) atoms. The summed E-state index contributed by atoms with van der Waals surface area (Å²) in [5.41, 5.74) is 4.08. The maximum Gasteiger partial charge on any atom is 0.259 e. The molecule has 3 aromatic carbocycles. The van der Waals surface area contributed by atoms with Crippen molar-refractivity contribution in [2.45, 2.75) is 5.75 Å². The largest absolute Gasteiger partial charge is 0.286 e. The first-order chi connectivity index (χ1) is 13.7. The number of rotatable bonds is 4. The molecular formula is C23H19ClN2OS. The van der Waals surface area contributed by atoms with Crippen LogP contribution in [0, 0.1) is 0 Å². The van der Waals surface area contributed by atoms with E-state index in [1.54, 1.807) is 16.7 Å². The molecule has 3 aromatic rings. The lowest BCUT2D eigenvalue weighted by atomic mass is 10.0. The quantitative estimate of drug-likeness (QED) is 0.552. The molecule has 0 fully saturated rings. The highest BCUT2D eigenvalue weighted by Gasteiger charge is 2.25. The van der Waals surface area contributed by atoms with Gasteiger partial charge in [0.25, 0.3) is 5.91 Å². The first kappa shape index (κ1) is 18.8. The topological polar surface area (TPSA) is 32.7 Å². The second-order valence-corrected chi connectivity index (χ2v) is 7.86. The van der Waals surface area contributed by atoms with Crippen LogP contribution in [0.15, 0.2) is 83.9 Å². The minimum atomic E-state index is -0.000493. The van der Waals surface area contributed by atoms with E-state index in [1.165, 1.54) is 0 Å². The molecule has 0 aliphatic carbocycles. The maximum absolute atomic E-state index is 13.0. The Kier molecular flexibility index (Phi) is 5.79. The molecule has 4 rings (SSSR count). The van der Waals surface area contributed by atoms with Gasteiger partial charge in [0.05, 0.1) is 6.54 Å². The highest BCUT2D eigenvalue weighted by atomic mass is 35.5. The Bertz CT molecular complexity index is 985. The molecule has 1 amide bonds. The van der Waals surface area contributed by atoms with Gasteiger partial charge in [0.1, 0.15) is 0 Å². The van der Waals surface area contributed by atoms with E-state index in [0.29, 0.717) is 18.7 Å². The van der Waals surface area contributed by atoms with Crippen LogP contribution in [0.5, 0.6) is 0 Å². The molecule has 0 bridgehead atoms. The zero-order chi connectivity index (χ0) is 19.3. The normalized spacial score (nSPS) is 13.5. The van der Waals surface area contributed by atoms with Crippen molar-refractivity contribution in [2.75, 3.05) is 13.1 Å². The fraction of sp³-hybridized carbons (Fsp3) is 0.130. The SMILES string of the molecule is O=C(c1ccc(-c2ccccc2)cc1)N1CCN=C1SCc1ccc(Cl)cc1. The van der Waals surface area contributed by atoms with E-state index >= 15 is 0 Å². The van der Waals surface area contributed by atoms with E-state index in [1.807, 2.05) is 66.7 Å². The van der Waals surface area contributed by atoms with Crippen LogP contribution in [0.4, 0.5) is 0 Å². The van der Waals surface area contributed by atoms with Crippen LogP contribution in [-0.4, -0.2) is 29.1 Å². The van der Waals surface area contributed by atoms with Crippen molar-refractivity contribution in [1.29, 1.82) is 0 Å². The van der Waals surface area contributed by atoms with Crippen molar-refractivity contribution in [3.05, 3.63) is 95.0 Å². The molecule has 0 N–H and O–H groups in total. The molecule has 0 radical (unpaired) electrons. The van der Waals surface area contributed by atoms with Gasteiger partial charge in [0, 0.05) is 22.9 Å². The third-order valence-electron chi connectivity index (χ3n) is 4.57. The number of carbonyl (C=O) groups is 1. The summed E-state index contributed by atoms with van der Waals surface area (Å²) in [4.78, 5) is 19.3. The molecule has 140 valence electrons. The molecule has 5 heteroatoms. The second kappa shape index (κ2) is 8.63. The van der Waals surface area contributed by atoms with Gasteiger partial charge in [0.2, 0.25) is 0 Å². The Morgan fingerprint density at radius 2 is 1.61 bits per heavy atom. The molecule has 3 nitrogen and oxygen atoms in total. The molecule has 1 aliphatic heterocycles. The van der Waals surface area contributed by atoms with E-state index in [4.69, 9.17) is 11.6 Å². The van der Waals surface area contributed by atoms with Crippen molar-refractivity contribution >= 4 is 34.4 Å². The Hall–Kier alpha value is -2.56. The Labute approximate surface area is 174 Å². The molecular weight excluding hydrogens is 388 g/mol. The molecule has 1 aliphatic rings. The monoisotopic (exact) mass is 406 g/mol. The highest BCUT2D eigenvalue weighted by molar-refractivity contribution is 8.13. The van der Waals surface area contributed by atoms with Crippen LogP contribution >= 0.6 is 23.4 Å². The summed E-state index contributed by atoms with van der Waals surface area (Å²) in [6, 6.07) is 25.7. The zero-order valence-electron chi connectivity index (χ0n) is 15.2. The van der Waals surface area contributed by atoms with Gasteiger partial charge in [-0.15, -0.1) is 0 Å². The summed E-state index contributed by atoms with van der Waals surface area (Å²) < 4.78 is 0. The number of amides is 1. The fourth-order valence-corrected chi connectivity index (χ4v) is 4.19. The maximum atomic E-state index is 13.0. The first-order valence-corrected chi connectivity index (χ1v) is 10.5. The smallest absolute Gasteiger partial charge is 0.259 e. The van der Waals surface area contributed by atoms with Crippen molar-refractivity contribution < 1.29 is 4.79 Å². The molecule has 0 spiro atoms. The van der Waals surface area contributed by atoms with Gasteiger partial charge in [-0.25, -0.2) is 0 Å². The summed E-state index contributed by atoms with van der Waals surface area (Å²) in [6.07, 6.45) is 0. The van der Waals surface area contributed by atoms with E-state index in [2.05, 4.69) is 17.1 Å². The first-order valence-electron chi connectivity index (χ1n) is 9.10. The molecule has 1 heterocycles. The number of benzene rings is 3. The summed E-state index contributed by atoms with van der Waals surface area (Å²) in [6.45, 7) is 1.28. The predicted octanol–water partition coefficient (Wildman–Crippen LogP) is 5.75. The van der Waals surface area contributed by atoms with Crippen LogP contribution in [0.2, 0.25) is 5.02 Å². The number of halogens is 1. The summed E-state index contributed by atoms with van der Waals surface area (Å²) in [7, 11) is 0. The predicted molar refractivity (Wildman–Crippen MR) is 118 cm³/mol. The molecule has 0 saturated heterocycles. The fourth-order valence-electron chi connectivity index (χ4n) is 3.06. The number of carbonyl (C=O) groups excluding carboxylic acids is 1. The Morgan fingerprint density at radius 1 is 0.929 bits per heavy atom. The lowest BCUT2D eigenvalue weighted by molar-refractivity contribution is 0.0860. The average molecular weight is 407 g/mol. The molecule has 0 saturated carbocycles. The van der Waals surface area contributed by atoms with Gasteiger partial charge in [-0.05, 0) is 41.0 Å². The molecule has 0 aromatic heterocycles. The van der Waals surface area contributed by atoms with Crippen LogP contribution in [0.3, 0.4) is 0 Å². The van der Waals surface area contributed by atoms with Gasteiger partial charge in [-0.1, -0.05) is 78.0 Å². The minimum absolute atomic E-state index is 0.000493. The van der Waals surface area contributed by atoms with Gasteiger partial charge in [0.15, 0.2) is 5.17 Å². The van der Waals surface area contributed by atoms with E-state index in [-0.39, 0.29) is 5.91 Å². The van der Waals surface area contributed by atoms with Crippen molar-refractivity contribution in [3.63, 3.8) is 0 Å². The third kappa shape index (κ3) is 4.29. The van der Waals surface area contributed by atoms with Gasteiger partial charge in [-0.2, -0.15) is 0 Å². The van der Waals surface area contributed by atoms with Crippen LogP contribution in [0.25, 0.3) is 11.1 Å². The van der Waals surface area contributed by atoms with Crippen molar-refractivity contribution in [1.82, 2.24) is 4.90 Å². The third-order valence-corrected chi connectivity index (χ3v) is 5.90. The number of thioether (sulfide) groups is 1. The molecule has 0 unspecified atom stereocenters. The summed E-state index contributed by atoms with van der Waals surface area (Å²) in [5.74, 6) is 0.756. The summed E-state index contributed by atoms with van der Waals surface area (Å²) >= 11 is 7.52. The highest BCUT2D eigenvalue weighted by Crippen LogP contribution is 2.24. The Morgan fingerprint density at radius 3 is 2.32 bits per heavy atom. The van der Waals surface area contributed by atoms with Gasteiger partial charge >= 0.3 is 0 Å². The summed E-state index contributed by atoms with van der Waals surface area (Å²) in [5, 5.41) is 1.51. The van der Waals surface area contributed by atoms with E-state index < -0.39 is 0 Å². The number of amidine groups is 1. The number of nitrogens with zero attached hydrogens (tertiary/aromatic N) is 2. The van der Waals surface area contributed by atoms with E-state index in [0.717, 1.165) is 32.6 Å². The number of aliphatic imine (C=N–C) groups is 1. The zero-order valence-corrected chi connectivity index (χ0v) is 16.8. The number of hydrogen-bond acceptors (Lipinski definition) is 3. The van der Waals surface area contributed by atoms with E-state index in [9.17, 15) is 4.79 Å². The van der Waals surface area contributed by atoms with Crippen LogP contribution in [-0.2, 0) is 5.75 Å². The van der Waals surface area contributed by atoms with Crippen molar-refractivity contribution in [3.8, 4) is 11.1 Å². The number of hydrogen-bond donors (Lipinski definition) is 0. The minimum Gasteiger partial charge on any atom is -0.286 e. The van der Waals surface area contributed by atoms with Gasteiger partial charge in [-0.3, -0.25) is 14.7 Å². The van der Waals surface area contributed by atoms with Gasteiger partial charge < -0.3 is 0 Å². The average Bonchev–Trinajstić information content (AvgIpc) is 3.22. The lowest BCUT2D eigenvalue weighted by Gasteiger charge is -2.18.